The first kappa shape index (κ1) is 25.1. The Hall–Kier alpha value is -2.49. The molecule has 1 heterocycles. The lowest BCUT2D eigenvalue weighted by Crippen LogP contribution is -2.50. The van der Waals surface area contributed by atoms with Crippen LogP contribution in [0.1, 0.15) is 13.8 Å². The molecule has 0 saturated carbocycles. The van der Waals surface area contributed by atoms with Crippen molar-refractivity contribution in [1.29, 1.82) is 0 Å². The Morgan fingerprint density at radius 2 is 1.76 bits per heavy atom. The Labute approximate surface area is 200 Å². The summed E-state index contributed by atoms with van der Waals surface area (Å²) in [7, 11) is -2.03. The average Bonchev–Trinajstić information content (AvgIpc) is 2.83. The largest absolute Gasteiger partial charge is 0.495 e. The Balaban J connectivity index is 1.67. The van der Waals surface area contributed by atoms with Gasteiger partial charge in [-0.2, -0.15) is 4.31 Å². The molecular weight excluding hydrogens is 466 g/mol. The van der Waals surface area contributed by atoms with Crippen LogP contribution in [-0.4, -0.2) is 76.5 Å². The number of benzene rings is 2. The van der Waals surface area contributed by atoms with Crippen LogP contribution in [0.2, 0.25) is 5.02 Å². The molecule has 0 atom stereocenters. The molecule has 180 valence electrons. The van der Waals surface area contributed by atoms with Crippen LogP contribution in [-0.2, 0) is 14.8 Å². The minimum Gasteiger partial charge on any atom is -0.495 e. The van der Waals surface area contributed by atoms with Crippen LogP contribution in [0.25, 0.3) is 0 Å². The van der Waals surface area contributed by atoms with Crippen molar-refractivity contribution in [3.05, 3.63) is 47.5 Å². The number of ether oxygens (including phenoxy) is 2. The van der Waals surface area contributed by atoms with Gasteiger partial charge in [0, 0.05) is 44.3 Å². The summed E-state index contributed by atoms with van der Waals surface area (Å²) in [6.07, 6.45) is 0. The molecule has 8 nitrogen and oxygen atoms in total. The number of hydrogen-bond acceptors (Lipinski definition) is 6. The monoisotopic (exact) mass is 495 g/mol. The Kier molecular flexibility index (Phi) is 8.45. The summed E-state index contributed by atoms with van der Waals surface area (Å²) in [5, 5.41) is 0.549. The van der Waals surface area contributed by atoms with Gasteiger partial charge < -0.3 is 19.3 Å². The first-order valence-corrected chi connectivity index (χ1v) is 12.7. The fourth-order valence-electron chi connectivity index (χ4n) is 3.78. The number of sulfonamides is 1. The SMILES string of the molecule is CCN(CC)S(=O)(=O)c1ccc(OC)c(N2CCN(C(=O)COc3cccc(Cl)c3)CC2)c1. The van der Waals surface area contributed by atoms with E-state index in [1.165, 1.54) is 4.31 Å². The summed E-state index contributed by atoms with van der Waals surface area (Å²) in [6, 6.07) is 11.8. The number of nitrogens with zero attached hydrogens (tertiary/aromatic N) is 3. The van der Waals surface area contributed by atoms with E-state index in [0.29, 0.717) is 61.5 Å². The standard InChI is InChI=1S/C23H30ClN3O5S/c1-4-27(5-2)33(29,30)20-9-10-22(31-3)21(16-20)25-11-13-26(14-12-25)23(28)17-32-19-8-6-7-18(24)15-19/h6-10,15-16H,4-5,11-14,17H2,1-3H3. The maximum absolute atomic E-state index is 13.0. The van der Waals surface area contributed by atoms with Crippen LogP contribution in [0.4, 0.5) is 5.69 Å². The maximum atomic E-state index is 13.0. The quantitative estimate of drug-likeness (QED) is 0.532. The predicted octanol–water partition coefficient (Wildman–Crippen LogP) is 3.11. The fourth-order valence-corrected chi connectivity index (χ4v) is 5.44. The molecule has 1 aliphatic rings. The van der Waals surface area contributed by atoms with Crippen LogP contribution in [0.15, 0.2) is 47.4 Å². The highest BCUT2D eigenvalue weighted by Crippen LogP contribution is 2.32. The van der Waals surface area contributed by atoms with Crippen molar-refractivity contribution < 1.29 is 22.7 Å². The average molecular weight is 496 g/mol. The van der Waals surface area contributed by atoms with E-state index in [-0.39, 0.29) is 17.4 Å². The zero-order chi connectivity index (χ0) is 24.0. The summed E-state index contributed by atoms with van der Waals surface area (Å²) in [4.78, 5) is 16.6. The maximum Gasteiger partial charge on any atom is 0.260 e. The topological polar surface area (TPSA) is 79.4 Å². The zero-order valence-corrected chi connectivity index (χ0v) is 20.7. The summed E-state index contributed by atoms with van der Waals surface area (Å²) < 4.78 is 38.4. The van der Waals surface area contributed by atoms with Crippen molar-refractivity contribution in [2.45, 2.75) is 18.7 Å². The number of anilines is 1. The van der Waals surface area contributed by atoms with E-state index < -0.39 is 10.0 Å². The van der Waals surface area contributed by atoms with Crippen molar-refractivity contribution in [2.75, 3.05) is 57.9 Å². The normalized spacial score (nSPS) is 14.5. The summed E-state index contributed by atoms with van der Waals surface area (Å²) in [5.41, 5.74) is 0.702. The van der Waals surface area contributed by atoms with Crippen molar-refractivity contribution in [3.8, 4) is 11.5 Å². The molecule has 0 bridgehead atoms. The van der Waals surface area contributed by atoms with E-state index in [9.17, 15) is 13.2 Å². The van der Waals surface area contributed by atoms with Gasteiger partial charge in [-0.25, -0.2) is 8.42 Å². The number of amides is 1. The Bertz CT molecular complexity index is 1070. The molecular formula is C23H30ClN3O5S. The van der Waals surface area contributed by atoms with Gasteiger partial charge in [0.15, 0.2) is 6.61 Å². The molecule has 1 fully saturated rings. The predicted molar refractivity (Wildman–Crippen MR) is 129 cm³/mol. The number of rotatable bonds is 9. The molecule has 2 aromatic carbocycles. The molecule has 1 aliphatic heterocycles. The second-order valence-electron chi connectivity index (χ2n) is 7.54. The van der Waals surface area contributed by atoms with Gasteiger partial charge in [-0.3, -0.25) is 4.79 Å². The number of methoxy groups -OCH3 is 1. The summed E-state index contributed by atoms with van der Waals surface area (Å²) in [5.74, 6) is 1.03. The highest BCUT2D eigenvalue weighted by Gasteiger charge is 2.27. The molecule has 1 saturated heterocycles. The second kappa shape index (κ2) is 11.1. The molecule has 0 N–H and O–H groups in total. The van der Waals surface area contributed by atoms with Crippen LogP contribution in [0, 0.1) is 0 Å². The molecule has 0 aromatic heterocycles. The van der Waals surface area contributed by atoms with E-state index >= 15 is 0 Å². The van der Waals surface area contributed by atoms with Gasteiger partial charge in [0.05, 0.1) is 17.7 Å². The minimum absolute atomic E-state index is 0.0682. The lowest BCUT2D eigenvalue weighted by Gasteiger charge is -2.36. The molecule has 33 heavy (non-hydrogen) atoms. The number of hydrogen-bond donors (Lipinski definition) is 0. The molecule has 3 rings (SSSR count). The summed E-state index contributed by atoms with van der Waals surface area (Å²) >= 11 is 5.95. The smallest absolute Gasteiger partial charge is 0.260 e. The van der Waals surface area contributed by atoms with Crippen LogP contribution in [0.5, 0.6) is 11.5 Å². The van der Waals surface area contributed by atoms with E-state index in [4.69, 9.17) is 21.1 Å². The van der Waals surface area contributed by atoms with Gasteiger partial charge in [-0.1, -0.05) is 31.5 Å². The first-order valence-electron chi connectivity index (χ1n) is 10.9. The molecule has 1 amide bonds. The Morgan fingerprint density at radius 3 is 2.36 bits per heavy atom. The minimum atomic E-state index is -3.59. The second-order valence-corrected chi connectivity index (χ2v) is 9.91. The van der Waals surface area contributed by atoms with Gasteiger partial charge in [0.2, 0.25) is 10.0 Å². The third-order valence-electron chi connectivity index (χ3n) is 5.62. The summed E-state index contributed by atoms with van der Waals surface area (Å²) in [6.45, 7) is 6.46. The van der Waals surface area contributed by atoms with Gasteiger partial charge in [-0.05, 0) is 36.4 Å². The molecule has 10 heteroatoms. The molecule has 0 unspecified atom stereocenters. The van der Waals surface area contributed by atoms with Crippen LogP contribution < -0.4 is 14.4 Å². The van der Waals surface area contributed by atoms with E-state index in [2.05, 4.69) is 0 Å². The highest BCUT2D eigenvalue weighted by atomic mass is 35.5. The number of carbonyl (C=O) groups is 1. The lowest BCUT2D eigenvalue weighted by atomic mass is 10.2. The third-order valence-corrected chi connectivity index (χ3v) is 7.91. The molecule has 0 radical (unpaired) electrons. The lowest BCUT2D eigenvalue weighted by molar-refractivity contribution is -0.133. The molecule has 0 aliphatic carbocycles. The van der Waals surface area contributed by atoms with Crippen LogP contribution in [0.3, 0.4) is 0 Å². The first-order chi connectivity index (χ1) is 15.8. The van der Waals surface area contributed by atoms with E-state index in [1.54, 1.807) is 54.5 Å². The van der Waals surface area contributed by atoms with E-state index in [0.717, 1.165) is 0 Å². The third kappa shape index (κ3) is 5.90. The van der Waals surface area contributed by atoms with Gasteiger partial charge in [-0.15, -0.1) is 0 Å². The van der Waals surface area contributed by atoms with Crippen molar-refractivity contribution in [1.82, 2.24) is 9.21 Å². The number of halogens is 1. The van der Waals surface area contributed by atoms with Crippen molar-refractivity contribution in [3.63, 3.8) is 0 Å². The van der Waals surface area contributed by atoms with Gasteiger partial charge in [0.1, 0.15) is 11.5 Å². The number of carbonyl (C=O) groups excluding carboxylic acids is 1. The zero-order valence-electron chi connectivity index (χ0n) is 19.2. The molecule has 2 aromatic rings. The van der Waals surface area contributed by atoms with Gasteiger partial charge in [0.25, 0.3) is 5.91 Å². The van der Waals surface area contributed by atoms with Crippen molar-refractivity contribution >= 4 is 33.2 Å². The van der Waals surface area contributed by atoms with E-state index in [1.807, 2.05) is 18.7 Å². The molecule has 0 spiro atoms. The van der Waals surface area contributed by atoms with Crippen LogP contribution >= 0.6 is 11.6 Å². The van der Waals surface area contributed by atoms with Crippen molar-refractivity contribution in [2.24, 2.45) is 0 Å². The van der Waals surface area contributed by atoms with Gasteiger partial charge >= 0.3 is 0 Å². The fraction of sp³-hybridized carbons (Fsp3) is 0.435. The Morgan fingerprint density at radius 1 is 1.06 bits per heavy atom. The highest BCUT2D eigenvalue weighted by molar-refractivity contribution is 7.89. The number of piperazine rings is 1.